The summed E-state index contributed by atoms with van der Waals surface area (Å²) in [4.78, 5) is 22.7. The molecule has 0 atom stereocenters. The summed E-state index contributed by atoms with van der Waals surface area (Å²) in [7, 11) is 0. The molecule has 1 aliphatic heterocycles. The van der Waals surface area contributed by atoms with Gasteiger partial charge in [-0.1, -0.05) is 38.3 Å². The van der Waals surface area contributed by atoms with E-state index >= 15 is 0 Å². The number of aromatic nitrogens is 1. The maximum atomic E-state index is 12.7. The average molecular weight is 449 g/mol. The van der Waals surface area contributed by atoms with Crippen molar-refractivity contribution in [3.8, 4) is 11.3 Å². The molecular formula is C26H32N4OS. The minimum absolute atomic E-state index is 0.0409. The van der Waals surface area contributed by atoms with E-state index in [9.17, 15) is 4.79 Å². The largest absolute Gasteiger partial charge is 0.353 e. The number of nitrogens with zero attached hydrogens (tertiary/aromatic N) is 3. The van der Waals surface area contributed by atoms with E-state index in [0.717, 1.165) is 68.2 Å². The lowest BCUT2D eigenvalue weighted by atomic mass is 9.95. The molecule has 5 rings (SSSR count). The van der Waals surface area contributed by atoms with Crippen LogP contribution in [0.3, 0.4) is 0 Å². The van der Waals surface area contributed by atoms with Gasteiger partial charge in [-0.2, -0.15) is 0 Å². The van der Waals surface area contributed by atoms with Gasteiger partial charge in [-0.15, -0.1) is 11.3 Å². The Labute approximate surface area is 194 Å². The predicted octanol–water partition coefficient (Wildman–Crippen LogP) is 5.17. The number of thiophene rings is 1. The van der Waals surface area contributed by atoms with Crippen LogP contribution < -0.4 is 10.2 Å². The third-order valence-electron chi connectivity index (χ3n) is 6.92. The number of rotatable bonds is 5. The number of hydrogen-bond donors (Lipinski definition) is 1. The van der Waals surface area contributed by atoms with Gasteiger partial charge in [0.15, 0.2) is 0 Å². The van der Waals surface area contributed by atoms with Gasteiger partial charge >= 0.3 is 0 Å². The van der Waals surface area contributed by atoms with Crippen LogP contribution in [0.2, 0.25) is 0 Å². The first kappa shape index (κ1) is 21.4. The molecule has 32 heavy (non-hydrogen) atoms. The number of hydrogen-bond acceptors (Lipinski definition) is 5. The molecule has 1 saturated heterocycles. The minimum atomic E-state index is 0.0409. The molecule has 3 heterocycles. The fourth-order valence-corrected chi connectivity index (χ4v) is 5.80. The van der Waals surface area contributed by atoms with Crippen LogP contribution in [0.1, 0.15) is 49.4 Å². The quantitative estimate of drug-likeness (QED) is 0.585. The zero-order valence-corrected chi connectivity index (χ0v) is 19.7. The molecule has 2 aliphatic rings. The van der Waals surface area contributed by atoms with Crippen LogP contribution in [-0.4, -0.2) is 54.6 Å². The number of pyridine rings is 1. The van der Waals surface area contributed by atoms with Gasteiger partial charge in [0, 0.05) is 43.3 Å². The predicted molar refractivity (Wildman–Crippen MR) is 134 cm³/mol. The zero-order chi connectivity index (χ0) is 21.9. The van der Waals surface area contributed by atoms with Gasteiger partial charge in [-0.3, -0.25) is 4.79 Å². The topological polar surface area (TPSA) is 48.5 Å². The summed E-state index contributed by atoms with van der Waals surface area (Å²) in [5, 5.41) is 6.61. The van der Waals surface area contributed by atoms with Crippen molar-refractivity contribution >= 4 is 33.1 Å². The second-order valence-corrected chi connectivity index (χ2v) is 9.89. The van der Waals surface area contributed by atoms with Crippen molar-refractivity contribution in [1.82, 2.24) is 15.2 Å². The second kappa shape index (κ2) is 9.59. The van der Waals surface area contributed by atoms with E-state index in [-0.39, 0.29) is 5.91 Å². The Morgan fingerprint density at radius 2 is 1.81 bits per heavy atom. The Balaban J connectivity index is 1.37. The molecule has 1 aromatic carbocycles. The number of amides is 1. The van der Waals surface area contributed by atoms with E-state index in [1.807, 2.05) is 24.3 Å². The summed E-state index contributed by atoms with van der Waals surface area (Å²) in [5.41, 5.74) is 2.76. The highest BCUT2D eigenvalue weighted by atomic mass is 32.1. The molecule has 1 N–H and O–H groups in total. The van der Waals surface area contributed by atoms with E-state index in [0.29, 0.717) is 6.04 Å². The van der Waals surface area contributed by atoms with E-state index in [4.69, 9.17) is 4.98 Å². The highest BCUT2D eigenvalue weighted by Crippen LogP contribution is 2.34. The highest BCUT2D eigenvalue weighted by Gasteiger charge is 2.21. The number of piperazine rings is 1. The van der Waals surface area contributed by atoms with Crippen molar-refractivity contribution in [2.45, 2.75) is 45.1 Å². The van der Waals surface area contributed by atoms with Gasteiger partial charge in [0.25, 0.3) is 5.91 Å². The number of anilines is 1. The number of likely N-dealkylation sites (N-methyl/N-ethyl adjacent to an activating group) is 1. The molecule has 1 saturated carbocycles. The van der Waals surface area contributed by atoms with Crippen molar-refractivity contribution in [2.75, 3.05) is 37.6 Å². The Kier molecular flexibility index (Phi) is 6.42. The average Bonchev–Trinajstić information content (AvgIpc) is 3.33. The lowest BCUT2D eigenvalue weighted by Crippen LogP contribution is -2.46. The van der Waals surface area contributed by atoms with E-state index in [1.54, 1.807) is 11.3 Å². The number of nitrogens with one attached hydrogen (secondary N) is 1. The van der Waals surface area contributed by atoms with Gasteiger partial charge in [0.05, 0.1) is 10.4 Å². The fourth-order valence-electron chi connectivity index (χ4n) is 4.91. The molecule has 2 aromatic heterocycles. The summed E-state index contributed by atoms with van der Waals surface area (Å²) in [5.74, 6) is 1.14. The van der Waals surface area contributed by atoms with E-state index < -0.39 is 0 Å². The van der Waals surface area contributed by atoms with Gasteiger partial charge in [0.2, 0.25) is 0 Å². The molecule has 168 valence electrons. The zero-order valence-electron chi connectivity index (χ0n) is 18.8. The number of benzene rings is 1. The molecule has 0 unspecified atom stereocenters. The van der Waals surface area contributed by atoms with E-state index in [1.165, 1.54) is 29.3 Å². The van der Waals surface area contributed by atoms with Crippen molar-refractivity contribution < 1.29 is 4.79 Å². The molecule has 1 amide bonds. The summed E-state index contributed by atoms with van der Waals surface area (Å²) >= 11 is 1.77. The standard InChI is InChI=1S/C26H32N4OS/c1-2-29-13-15-30(16-14-29)25-24-21(12-17-32-24)18-23(28-25)19-8-10-20(11-9-19)26(31)27-22-6-4-3-5-7-22/h8-12,17-18,22H,2-7,13-16H2,1H3,(H,27,31). The van der Waals surface area contributed by atoms with Crippen molar-refractivity contribution in [1.29, 1.82) is 0 Å². The van der Waals surface area contributed by atoms with Gasteiger partial charge in [-0.05, 0) is 54.4 Å². The Bertz CT molecular complexity index is 1060. The number of carbonyl (C=O) groups excluding carboxylic acids is 1. The molecule has 5 nitrogen and oxygen atoms in total. The van der Waals surface area contributed by atoms with E-state index in [2.05, 4.69) is 39.6 Å². The molecule has 0 bridgehead atoms. The van der Waals surface area contributed by atoms with Crippen LogP contribution in [0, 0.1) is 0 Å². The maximum absolute atomic E-state index is 12.7. The first-order chi connectivity index (χ1) is 15.7. The highest BCUT2D eigenvalue weighted by molar-refractivity contribution is 7.17. The lowest BCUT2D eigenvalue weighted by molar-refractivity contribution is 0.0927. The SMILES string of the molecule is CCN1CCN(c2nc(-c3ccc(C(=O)NC4CCCCC4)cc3)cc3ccsc23)CC1. The molecule has 3 aromatic rings. The van der Waals surface area contributed by atoms with Crippen LogP contribution in [0.5, 0.6) is 0 Å². The second-order valence-electron chi connectivity index (χ2n) is 8.98. The first-order valence-electron chi connectivity index (χ1n) is 12.0. The van der Waals surface area contributed by atoms with Crippen molar-refractivity contribution in [2.24, 2.45) is 0 Å². The first-order valence-corrected chi connectivity index (χ1v) is 12.9. The van der Waals surface area contributed by atoms with Crippen LogP contribution >= 0.6 is 11.3 Å². The van der Waals surface area contributed by atoms with Crippen molar-refractivity contribution in [3.05, 3.63) is 47.3 Å². The summed E-state index contributed by atoms with van der Waals surface area (Å²) in [6.07, 6.45) is 5.93. The van der Waals surface area contributed by atoms with Crippen LogP contribution in [0.15, 0.2) is 41.8 Å². The lowest BCUT2D eigenvalue weighted by Gasteiger charge is -2.35. The van der Waals surface area contributed by atoms with Crippen LogP contribution in [-0.2, 0) is 0 Å². The third kappa shape index (κ3) is 4.52. The van der Waals surface area contributed by atoms with Crippen LogP contribution in [0.25, 0.3) is 21.3 Å². The molecular weight excluding hydrogens is 416 g/mol. The normalized spacial score (nSPS) is 18.2. The van der Waals surface area contributed by atoms with Gasteiger partial charge < -0.3 is 15.1 Å². The van der Waals surface area contributed by atoms with Crippen LogP contribution in [0.4, 0.5) is 5.82 Å². The number of fused-ring (bicyclic) bond motifs is 1. The van der Waals surface area contributed by atoms with Gasteiger partial charge in [0.1, 0.15) is 5.82 Å². The van der Waals surface area contributed by atoms with Gasteiger partial charge in [-0.25, -0.2) is 4.98 Å². The smallest absolute Gasteiger partial charge is 0.251 e. The minimum Gasteiger partial charge on any atom is -0.353 e. The molecule has 0 spiro atoms. The monoisotopic (exact) mass is 448 g/mol. The number of carbonyl (C=O) groups is 1. The molecule has 1 aliphatic carbocycles. The summed E-state index contributed by atoms with van der Waals surface area (Å²) in [6, 6.07) is 12.6. The van der Waals surface area contributed by atoms with Crippen molar-refractivity contribution in [3.63, 3.8) is 0 Å². The summed E-state index contributed by atoms with van der Waals surface area (Å²) < 4.78 is 1.27. The maximum Gasteiger partial charge on any atom is 0.251 e. The Morgan fingerprint density at radius 3 is 2.53 bits per heavy atom. The Morgan fingerprint density at radius 1 is 1.06 bits per heavy atom. The summed E-state index contributed by atoms with van der Waals surface area (Å²) in [6.45, 7) is 7.52. The third-order valence-corrected chi connectivity index (χ3v) is 7.85. The molecule has 2 fully saturated rings. The Hall–Kier alpha value is -2.44. The molecule has 6 heteroatoms. The molecule has 0 radical (unpaired) electrons. The fraction of sp³-hybridized carbons (Fsp3) is 0.462.